The summed E-state index contributed by atoms with van der Waals surface area (Å²) in [5.41, 5.74) is 6.29. The molecule has 0 N–H and O–H groups in total. The lowest BCUT2D eigenvalue weighted by molar-refractivity contribution is -0.173. The number of fused-ring (bicyclic) bond motifs is 6. The fourth-order valence-electron chi connectivity index (χ4n) is 23.7. The highest BCUT2D eigenvalue weighted by atomic mass is 15.0. The maximum Gasteiger partial charge on any atom is 0.0729 e. The first-order valence-corrected chi connectivity index (χ1v) is 34.0. The number of nitrogens with zero attached hydrogens (tertiary/aromatic N) is 4. The molecule has 14 rings (SSSR count). The van der Waals surface area contributed by atoms with E-state index in [1.807, 2.05) is 0 Å². The Kier molecular flexibility index (Phi) is 14.9. The zero-order valence-corrected chi connectivity index (χ0v) is 46.2. The Morgan fingerprint density at radius 2 is 0.417 bits per heavy atom. The summed E-state index contributed by atoms with van der Waals surface area (Å²) in [5.74, 6) is 16.9. The molecule has 14 atom stereocenters. The number of rotatable bonds is 7. The van der Waals surface area contributed by atoms with Gasteiger partial charge in [-0.15, -0.1) is 0 Å². The van der Waals surface area contributed by atoms with E-state index >= 15 is 0 Å². The summed E-state index contributed by atoms with van der Waals surface area (Å²) in [5, 5.41) is 0. The van der Waals surface area contributed by atoms with Gasteiger partial charge in [-0.05, 0) is 224 Å². The predicted octanol–water partition coefficient (Wildman–Crippen LogP) is 17.9. The molecule has 0 aromatic heterocycles. The van der Waals surface area contributed by atoms with Gasteiger partial charge in [0, 0.05) is 23.7 Å². The first kappa shape index (κ1) is 49.0. The van der Waals surface area contributed by atoms with Crippen LogP contribution in [0, 0.1) is 107 Å². The van der Waals surface area contributed by atoms with Gasteiger partial charge in [-0.2, -0.15) is 0 Å². The van der Waals surface area contributed by atoms with Crippen LogP contribution in [0.15, 0.2) is 20.0 Å². The van der Waals surface area contributed by atoms with Crippen LogP contribution in [0.2, 0.25) is 0 Å². The zero-order chi connectivity index (χ0) is 47.5. The van der Waals surface area contributed by atoms with Gasteiger partial charge in [0.15, 0.2) is 0 Å². The fraction of sp³-hybridized carbons (Fsp3) is 0.941. The van der Waals surface area contributed by atoms with Crippen molar-refractivity contribution in [3.05, 3.63) is 0 Å². The predicted molar refractivity (Wildman–Crippen MR) is 302 cm³/mol. The highest BCUT2D eigenvalue weighted by molar-refractivity contribution is 6.44. The van der Waals surface area contributed by atoms with Crippen molar-refractivity contribution in [2.24, 2.45) is 126 Å². The fourth-order valence-corrected chi connectivity index (χ4v) is 23.7. The Hall–Kier alpha value is -1.32. The monoisotopic (exact) mass is 979 g/mol. The van der Waals surface area contributed by atoms with Crippen LogP contribution in [0.1, 0.15) is 270 Å². The summed E-state index contributed by atoms with van der Waals surface area (Å²) in [6.45, 7) is 0. The second kappa shape index (κ2) is 21.8. The van der Waals surface area contributed by atoms with Crippen LogP contribution in [0.3, 0.4) is 0 Å². The van der Waals surface area contributed by atoms with E-state index in [-0.39, 0.29) is 0 Å². The third kappa shape index (κ3) is 9.22. The highest BCUT2D eigenvalue weighted by Gasteiger charge is 2.62. The molecule has 4 nitrogen and oxygen atoms in total. The molecule has 12 fully saturated rings. The molecule has 0 radical (unpaired) electrons. The molecule has 2 aliphatic heterocycles. The van der Waals surface area contributed by atoms with E-state index in [9.17, 15) is 0 Å². The lowest BCUT2D eigenvalue weighted by atomic mass is 9.39. The van der Waals surface area contributed by atoms with Crippen LogP contribution >= 0.6 is 0 Å². The van der Waals surface area contributed by atoms with Crippen molar-refractivity contribution >= 4 is 22.8 Å². The maximum absolute atomic E-state index is 6.10. The first-order chi connectivity index (χ1) is 35.7. The molecule has 0 aromatic carbocycles. The second-order valence-corrected chi connectivity index (χ2v) is 29.6. The van der Waals surface area contributed by atoms with Gasteiger partial charge in [0.25, 0.3) is 0 Å². The zero-order valence-electron chi connectivity index (χ0n) is 46.2. The van der Waals surface area contributed by atoms with Gasteiger partial charge in [-0.3, -0.25) is 20.0 Å². The Morgan fingerprint density at radius 3 is 0.681 bits per heavy atom. The molecule has 398 valence electrons. The summed E-state index contributed by atoms with van der Waals surface area (Å²) in [7, 11) is 0. The molecular weight excluding hydrogens is 873 g/mol. The maximum atomic E-state index is 6.10. The van der Waals surface area contributed by atoms with Crippen molar-refractivity contribution in [2.45, 2.75) is 294 Å². The van der Waals surface area contributed by atoms with Gasteiger partial charge in [-0.1, -0.05) is 128 Å². The molecule has 12 aliphatic carbocycles. The average Bonchev–Trinajstić information content (AvgIpc) is 3.46. The van der Waals surface area contributed by atoms with Gasteiger partial charge in [0.1, 0.15) is 0 Å². The molecule has 14 aliphatic rings. The molecular formula is C68H106N4. The van der Waals surface area contributed by atoms with Crippen molar-refractivity contribution in [1.82, 2.24) is 0 Å². The normalized spacial score (nSPS) is 46.9. The van der Waals surface area contributed by atoms with Crippen LogP contribution in [0.5, 0.6) is 0 Å². The molecule has 0 saturated heterocycles. The van der Waals surface area contributed by atoms with Gasteiger partial charge < -0.3 is 0 Å². The van der Waals surface area contributed by atoms with Crippen molar-refractivity contribution < 1.29 is 0 Å². The summed E-state index contributed by atoms with van der Waals surface area (Å²) < 4.78 is 0. The molecule has 0 spiro atoms. The molecule has 72 heavy (non-hydrogen) atoms. The molecule has 12 saturated carbocycles. The smallest absolute Gasteiger partial charge is 0.0729 e. The minimum atomic E-state index is 0.495. The van der Waals surface area contributed by atoms with Gasteiger partial charge in [0.05, 0.1) is 47.0 Å². The van der Waals surface area contributed by atoms with Crippen LogP contribution in [-0.4, -0.2) is 47.0 Å². The van der Waals surface area contributed by atoms with Crippen molar-refractivity contribution in [1.29, 1.82) is 0 Å². The van der Waals surface area contributed by atoms with E-state index in [4.69, 9.17) is 20.0 Å². The van der Waals surface area contributed by atoms with E-state index in [2.05, 4.69) is 0 Å². The molecule has 4 heteroatoms. The SMILES string of the molecule is C1CCC(C2=NC3CCC(C4C5CCCCC5C(C5C6CCCCC6C(C6CCC7N=C(C8CCCCC8)C(C8CCCCC8)=NC7C6)C6CCCCC65)C5CCCCC54)CC3N=C2C2CCCCC2)CC1. The quantitative estimate of drug-likeness (QED) is 0.244. The second-order valence-electron chi connectivity index (χ2n) is 29.6. The first-order valence-electron chi connectivity index (χ1n) is 34.0. The van der Waals surface area contributed by atoms with Crippen molar-refractivity contribution in [3.8, 4) is 0 Å². The van der Waals surface area contributed by atoms with E-state index in [1.165, 1.54) is 193 Å². The van der Waals surface area contributed by atoms with Gasteiger partial charge in [-0.25, -0.2) is 0 Å². The Morgan fingerprint density at radius 1 is 0.194 bits per heavy atom. The highest BCUT2D eigenvalue weighted by Crippen LogP contribution is 2.68. The summed E-state index contributed by atoms with van der Waals surface area (Å²) >= 11 is 0. The summed E-state index contributed by atoms with van der Waals surface area (Å²) in [6.07, 6.45) is 61.7. The van der Waals surface area contributed by atoms with Crippen LogP contribution < -0.4 is 0 Å². The minimum absolute atomic E-state index is 0.495. The Labute approximate surface area is 441 Å². The van der Waals surface area contributed by atoms with Crippen LogP contribution in [-0.2, 0) is 0 Å². The molecule has 14 unspecified atom stereocenters. The lowest BCUT2D eigenvalue weighted by Gasteiger charge is -2.66. The minimum Gasteiger partial charge on any atom is -0.282 e. The number of hydrogen-bond acceptors (Lipinski definition) is 4. The van der Waals surface area contributed by atoms with Crippen molar-refractivity contribution in [2.75, 3.05) is 0 Å². The topological polar surface area (TPSA) is 49.4 Å². The molecule has 0 bridgehead atoms. The molecule has 2 heterocycles. The average molecular weight is 980 g/mol. The van der Waals surface area contributed by atoms with E-state index in [0.29, 0.717) is 36.0 Å². The van der Waals surface area contributed by atoms with Gasteiger partial charge >= 0.3 is 0 Å². The van der Waals surface area contributed by atoms with E-state index in [0.717, 1.165) is 94.7 Å². The van der Waals surface area contributed by atoms with E-state index in [1.54, 1.807) is 99.9 Å². The van der Waals surface area contributed by atoms with Crippen LogP contribution in [0.25, 0.3) is 0 Å². The van der Waals surface area contributed by atoms with Crippen molar-refractivity contribution in [3.63, 3.8) is 0 Å². The molecule has 0 amide bonds. The van der Waals surface area contributed by atoms with Crippen LogP contribution in [0.4, 0.5) is 0 Å². The van der Waals surface area contributed by atoms with E-state index < -0.39 is 0 Å². The largest absolute Gasteiger partial charge is 0.282 e. The summed E-state index contributed by atoms with van der Waals surface area (Å²) in [6, 6.07) is 1.99. The Bertz CT molecular complexity index is 1780. The Balaban J connectivity index is 0.747. The third-order valence-electron chi connectivity index (χ3n) is 26.3. The third-order valence-corrected chi connectivity index (χ3v) is 26.3. The standard InChI is InChI=1S/C68H106N4/c1-5-21-43(22-6-1)65-67(45-25-9-3-10-26-45)71-59-41-47(37-39-57(59)69-65)61-49-29-13-17-33-53(49)63(54-34-18-14-30-50(54)61)64-55-35-19-15-31-51(55)62(52-32-16-20-36-56(52)64)48-38-40-58-60(42-48)72-68(46-27-11-4-12-28-46)66(70-58)44-23-7-2-8-24-44/h43-64H,1-42H2. The summed E-state index contributed by atoms with van der Waals surface area (Å²) in [4.78, 5) is 24.1. The number of hydrogen-bond donors (Lipinski definition) is 0. The van der Waals surface area contributed by atoms with Gasteiger partial charge in [0.2, 0.25) is 0 Å². The lowest BCUT2D eigenvalue weighted by Crippen LogP contribution is -2.60. The molecule has 0 aromatic rings. The number of aliphatic imine (C=N–C) groups is 4.